The molecule has 1 aliphatic carbocycles. The molecule has 1 heterocycles. The molecule has 0 radical (unpaired) electrons. The summed E-state index contributed by atoms with van der Waals surface area (Å²) in [5.74, 6) is 0.201. The second-order valence-electron chi connectivity index (χ2n) is 6.48. The van der Waals surface area contributed by atoms with Gasteiger partial charge in [-0.1, -0.05) is 0 Å². The van der Waals surface area contributed by atoms with E-state index in [2.05, 4.69) is 35.6 Å². The number of amides is 1. The number of thioether (sulfide) groups is 1. The van der Waals surface area contributed by atoms with E-state index in [1.54, 1.807) is 0 Å². The highest BCUT2D eigenvalue weighted by Crippen LogP contribution is 2.27. The van der Waals surface area contributed by atoms with E-state index in [4.69, 9.17) is 0 Å². The van der Waals surface area contributed by atoms with Gasteiger partial charge in [0.25, 0.3) is 0 Å². The van der Waals surface area contributed by atoms with Gasteiger partial charge in [0, 0.05) is 37.5 Å². The van der Waals surface area contributed by atoms with Crippen LogP contribution in [0.15, 0.2) is 0 Å². The van der Waals surface area contributed by atoms with Crippen LogP contribution < -0.4 is 10.6 Å². The first-order valence-corrected chi connectivity index (χ1v) is 9.12. The minimum atomic E-state index is -0.390. The van der Waals surface area contributed by atoms with Crippen molar-refractivity contribution >= 4 is 17.7 Å². The van der Waals surface area contributed by atoms with Crippen LogP contribution in [0.4, 0.5) is 0 Å². The molecule has 1 amide bonds. The summed E-state index contributed by atoms with van der Waals surface area (Å²) in [7, 11) is 0. The summed E-state index contributed by atoms with van der Waals surface area (Å²) in [5, 5.41) is 7.43. The van der Waals surface area contributed by atoms with Gasteiger partial charge < -0.3 is 10.6 Å². The third-order valence-electron chi connectivity index (χ3n) is 4.81. The Balaban J connectivity index is 1.84. The molecular weight excluding hydrogens is 270 g/mol. The maximum Gasteiger partial charge on any atom is 0.240 e. The maximum absolute atomic E-state index is 12.6. The van der Waals surface area contributed by atoms with Gasteiger partial charge in [-0.15, -0.1) is 0 Å². The van der Waals surface area contributed by atoms with Crippen LogP contribution >= 0.6 is 11.8 Å². The zero-order valence-electron chi connectivity index (χ0n) is 13.1. The summed E-state index contributed by atoms with van der Waals surface area (Å²) in [5.41, 5.74) is -0.390. The average Bonchev–Trinajstić information content (AvgIpc) is 2.49. The normalized spacial score (nSPS) is 29.1. The van der Waals surface area contributed by atoms with E-state index < -0.39 is 5.54 Å². The molecule has 1 saturated carbocycles. The van der Waals surface area contributed by atoms with Crippen LogP contribution in [0.1, 0.15) is 39.5 Å². The van der Waals surface area contributed by atoms with Crippen molar-refractivity contribution in [2.24, 2.45) is 0 Å². The number of hydrogen-bond acceptors (Lipinski definition) is 4. The standard InChI is InChI=1S/C15H29N3OS/c1-15(2,18-10-8-16-9-11-18)14(19)17-12-4-6-13(20-3)7-5-12/h12-13,16H,4-11H2,1-3H3,(H,17,19). The SMILES string of the molecule is CSC1CCC(NC(=O)C(C)(C)N2CCNCC2)CC1. The number of hydrogen-bond donors (Lipinski definition) is 2. The number of rotatable bonds is 4. The summed E-state index contributed by atoms with van der Waals surface area (Å²) >= 11 is 1.97. The van der Waals surface area contributed by atoms with Gasteiger partial charge in [-0.3, -0.25) is 9.69 Å². The molecule has 0 bridgehead atoms. The first kappa shape index (κ1) is 16.1. The highest BCUT2D eigenvalue weighted by molar-refractivity contribution is 7.99. The Hall–Kier alpha value is -0.260. The van der Waals surface area contributed by atoms with Crippen LogP contribution in [0.3, 0.4) is 0 Å². The molecule has 116 valence electrons. The molecule has 0 unspecified atom stereocenters. The Kier molecular flexibility index (Phi) is 5.75. The van der Waals surface area contributed by atoms with Crippen LogP contribution in [-0.4, -0.2) is 60.1 Å². The van der Waals surface area contributed by atoms with Crippen molar-refractivity contribution in [3.63, 3.8) is 0 Å². The molecule has 0 aromatic heterocycles. The minimum absolute atomic E-state index is 0.201. The van der Waals surface area contributed by atoms with Crippen molar-refractivity contribution in [3.8, 4) is 0 Å². The molecular formula is C15H29N3OS. The topological polar surface area (TPSA) is 44.4 Å². The van der Waals surface area contributed by atoms with E-state index in [9.17, 15) is 4.79 Å². The number of carbonyl (C=O) groups excluding carboxylic acids is 1. The fraction of sp³-hybridized carbons (Fsp3) is 0.933. The van der Waals surface area contributed by atoms with E-state index in [1.807, 2.05) is 11.8 Å². The summed E-state index contributed by atoms with van der Waals surface area (Å²) in [6.07, 6.45) is 6.93. The molecule has 20 heavy (non-hydrogen) atoms. The van der Waals surface area contributed by atoms with Gasteiger partial charge in [-0.05, 0) is 45.8 Å². The van der Waals surface area contributed by atoms with Crippen LogP contribution in [0.2, 0.25) is 0 Å². The van der Waals surface area contributed by atoms with Crippen molar-refractivity contribution in [1.29, 1.82) is 0 Å². The largest absolute Gasteiger partial charge is 0.352 e. The second-order valence-corrected chi connectivity index (χ2v) is 7.62. The molecule has 0 atom stereocenters. The zero-order valence-corrected chi connectivity index (χ0v) is 13.9. The number of nitrogens with zero attached hydrogens (tertiary/aromatic N) is 1. The quantitative estimate of drug-likeness (QED) is 0.825. The molecule has 1 saturated heterocycles. The predicted molar refractivity (Wildman–Crippen MR) is 86.2 cm³/mol. The molecule has 2 fully saturated rings. The lowest BCUT2D eigenvalue weighted by molar-refractivity contribution is -0.133. The number of carbonyl (C=O) groups is 1. The highest BCUT2D eigenvalue weighted by Gasteiger charge is 2.36. The first-order valence-electron chi connectivity index (χ1n) is 7.83. The Morgan fingerprint density at radius 2 is 1.80 bits per heavy atom. The van der Waals surface area contributed by atoms with Crippen molar-refractivity contribution in [2.75, 3.05) is 32.4 Å². The van der Waals surface area contributed by atoms with Gasteiger partial charge in [-0.25, -0.2) is 0 Å². The molecule has 2 rings (SSSR count). The summed E-state index contributed by atoms with van der Waals surface area (Å²) in [6, 6.07) is 0.382. The van der Waals surface area contributed by atoms with E-state index in [0.29, 0.717) is 6.04 Å². The lowest BCUT2D eigenvalue weighted by atomic mass is 9.93. The molecule has 5 heteroatoms. The van der Waals surface area contributed by atoms with Crippen molar-refractivity contribution in [2.45, 2.75) is 56.4 Å². The van der Waals surface area contributed by atoms with E-state index >= 15 is 0 Å². The van der Waals surface area contributed by atoms with Crippen LogP contribution in [0, 0.1) is 0 Å². The lowest BCUT2D eigenvalue weighted by Crippen LogP contribution is -2.61. The highest BCUT2D eigenvalue weighted by atomic mass is 32.2. The van der Waals surface area contributed by atoms with Gasteiger partial charge in [0.2, 0.25) is 5.91 Å². The summed E-state index contributed by atoms with van der Waals surface area (Å²) < 4.78 is 0. The van der Waals surface area contributed by atoms with Crippen LogP contribution in [-0.2, 0) is 4.79 Å². The molecule has 2 N–H and O–H groups in total. The van der Waals surface area contributed by atoms with Crippen molar-refractivity contribution in [1.82, 2.24) is 15.5 Å². The summed E-state index contributed by atoms with van der Waals surface area (Å²) in [4.78, 5) is 14.9. The Morgan fingerprint density at radius 1 is 1.20 bits per heavy atom. The fourth-order valence-electron chi connectivity index (χ4n) is 3.17. The third kappa shape index (κ3) is 3.89. The van der Waals surface area contributed by atoms with Crippen molar-refractivity contribution < 1.29 is 4.79 Å². The van der Waals surface area contributed by atoms with Gasteiger partial charge in [-0.2, -0.15) is 11.8 Å². The number of piperazine rings is 1. The fourth-order valence-corrected chi connectivity index (χ4v) is 3.92. The Labute approximate surface area is 127 Å². The van der Waals surface area contributed by atoms with Crippen LogP contribution in [0.5, 0.6) is 0 Å². The van der Waals surface area contributed by atoms with Gasteiger partial charge >= 0.3 is 0 Å². The molecule has 0 aromatic carbocycles. The second kappa shape index (κ2) is 7.14. The lowest BCUT2D eigenvalue weighted by Gasteiger charge is -2.41. The van der Waals surface area contributed by atoms with Crippen LogP contribution in [0.25, 0.3) is 0 Å². The third-order valence-corrected chi connectivity index (χ3v) is 5.94. The van der Waals surface area contributed by atoms with Gasteiger partial charge in [0.05, 0.1) is 5.54 Å². The van der Waals surface area contributed by atoms with E-state index in [1.165, 1.54) is 12.8 Å². The van der Waals surface area contributed by atoms with Crippen molar-refractivity contribution in [3.05, 3.63) is 0 Å². The molecule has 4 nitrogen and oxygen atoms in total. The zero-order chi connectivity index (χ0) is 14.6. The molecule has 0 aromatic rings. The Bertz CT molecular complexity index is 321. The Morgan fingerprint density at radius 3 is 2.35 bits per heavy atom. The minimum Gasteiger partial charge on any atom is -0.352 e. The maximum atomic E-state index is 12.6. The van der Waals surface area contributed by atoms with Gasteiger partial charge in [0.15, 0.2) is 0 Å². The number of nitrogens with one attached hydrogen (secondary N) is 2. The van der Waals surface area contributed by atoms with E-state index in [0.717, 1.165) is 44.3 Å². The molecule has 1 aliphatic heterocycles. The average molecular weight is 299 g/mol. The van der Waals surface area contributed by atoms with E-state index in [-0.39, 0.29) is 5.91 Å². The van der Waals surface area contributed by atoms with Gasteiger partial charge in [0.1, 0.15) is 0 Å². The first-order chi connectivity index (χ1) is 9.54. The molecule has 2 aliphatic rings. The summed E-state index contributed by atoms with van der Waals surface area (Å²) in [6.45, 7) is 7.99. The monoisotopic (exact) mass is 299 g/mol. The predicted octanol–water partition coefficient (Wildman–Crippen LogP) is 1.46. The molecule has 0 spiro atoms. The smallest absolute Gasteiger partial charge is 0.240 e.